The molecule has 1 aromatic carbocycles. The standard InChI is InChI=1S/C26H40O4/c1-7-12-15-21(10-4)25(27)29-23-18-20(14-9-3)17-19(6)24(23)30-26(28)22(11-5)16-13-8-2/h9,17-18,21-22H,3,7-8,10-16H2,1-2,4-6H3. The van der Waals surface area contributed by atoms with Crippen molar-refractivity contribution in [2.24, 2.45) is 11.8 Å². The Hall–Kier alpha value is -2.10. The highest BCUT2D eigenvalue weighted by molar-refractivity contribution is 5.79. The smallest absolute Gasteiger partial charge is 0.314 e. The third-order valence-corrected chi connectivity index (χ3v) is 5.56. The highest BCUT2D eigenvalue weighted by atomic mass is 16.6. The van der Waals surface area contributed by atoms with Crippen LogP contribution in [-0.4, -0.2) is 11.9 Å². The first-order valence-corrected chi connectivity index (χ1v) is 11.6. The minimum atomic E-state index is -0.253. The van der Waals surface area contributed by atoms with Crippen LogP contribution in [0.1, 0.15) is 90.2 Å². The lowest BCUT2D eigenvalue weighted by Crippen LogP contribution is -2.23. The summed E-state index contributed by atoms with van der Waals surface area (Å²) in [5.74, 6) is -0.0947. The fourth-order valence-electron chi connectivity index (χ4n) is 3.56. The molecule has 0 amide bonds. The topological polar surface area (TPSA) is 52.6 Å². The van der Waals surface area contributed by atoms with Crippen LogP contribution in [0.25, 0.3) is 0 Å². The van der Waals surface area contributed by atoms with E-state index in [9.17, 15) is 9.59 Å². The van der Waals surface area contributed by atoms with Gasteiger partial charge in [-0.25, -0.2) is 0 Å². The second-order valence-corrected chi connectivity index (χ2v) is 8.07. The quantitative estimate of drug-likeness (QED) is 0.187. The number of allylic oxidation sites excluding steroid dienone is 1. The molecule has 0 spiro atoms. The second-order valence-electron chi connectivity index (χ2n) is 8.07. The molecule has 0 fully saturated rings. The van der Waals surface area contributed by atoms with Crippen LogP contribution in [0.5, 0.6) is 11.5 Å². The number of carbonyl (C=O) groups is 2. The predicted octanol–water partition coefficient (Wildman–Crippen LogP) is 6.97. The van der Waals surface area contributed by atoms with E-state index >= 15 is 0 Å². The Labute approximate surface area is 183 Å². The number of rotatable bonds is 14. The van der Waals surface area contributed by atoms with Gasteiger partial charge in [-0.05, 0) is 56.2 Å². The average Bonchev–Trinajstić information content (AvgIpc) is 2.72. The van der Waals surface area contributed by atoms with E-state index in [2.05, 4.69) is 20.4 Å². The molecule has 2 unspecified atom stereocenters. The molecule has 0 bridgehead atoms. The summed E-state index contributed by atoms with van der Waals surface area (Å²) in [6.45, 7) is 13.9. The van der Waals surface area contributed by atoms with Crippen LogP contribution in [0.15, 0.2) is 24.8 Å². The molecule has 4 heteroatoms. The van der Waals surface area contributed by atoms with E-state index in [-0.39, 0.29) is 23.8 Å². The van der Waals surface area contributed by atoms with Gasteiger partial charge in [-0.15, -0.1) is 6.58 Å². The fourth-order valence-corrected chi connectivity index (χ4v) is 3.56. The molecule has 0 saturated heterocycles. The van der Waals surface area contributed by atoms with Crippen LogP contribution in [-0.2, 0) is 16.0 Å². The summed E-state index contributed by atoms with van der Waals surface area (Å²) >= 11 is 0. The Morgan fingerprint density at radius 3 is 1.93 bits per heavy atom. The maximum atomic E-state index is 12.8. The van der Waals surface area contributed by atoms with Crippen molar-refractivity contribution >= 4 is 11.9 Å². The molecule has 0 radical (unpaired) electrons. The van der Waals surface area contributed by atoms with E-state index in [0.717, 1.165) is 62.5 Å². The number of ether oxygens (including phenoxy) is 2. The van der Waals surface area contributed by atoms with Gasteiger partial charge in [0, 0.05) is 0 Å². The van der Waals surface area contributed by atoms with Crippen molar-refractivity contribution in [1.82, 2.24) is 0 Å². The molecule has 1 aromatic rings. The van der Waals surface area contributed by atoms with Crippen molar-refractivity contribution in [3.8, 4) is 11.5 Å². The lowest BCUT2D eigenvalue weighted by Gasteiger charge is -2.19. The number of aryl methyl sites for hydroxylation is 1. The van der Waals surface area contributed by atoms with Crippen LogP contribution < -0.4 is 9.47 Å². The molecule has 0 aliphatic rings. The highest BCUT2D eigenvalue weighted by Gasteiger charge is 2.25. The highest BCUT2D eigenvalue weighted by Crippen LogP contribution is 2.35. The summed E-state index contributed by atoms with van der Waals surface area (Å²) in [6.07, 6.45) is 9.59. The number of esters is 2. The van der Waals surface area contributed by atoms with Crippen molar-refractivity contribution in [2.45, 2.75) is 92.4 Å². The van der Waals surface area contributed by atoms with Crippen LogP contribution >= 0.6 is 0 Å². The van der Waals surface area contributed by atoms with Gasteiger partial charge in [0.25, 0.3) is 0 Å². The molecule has 0 saturated carbocycles. The van der Waals surface area contributed by atoms with E-state index in [0.29, 0.717) is 17.9 Å². The predicted molar refractivity (Wildman–Crippen MR) is 123 cm³/mol. The number of unbranched alkanes of at least 4 members (excludes halogenated alkanes) is 2. The normalized spacial score (nSPS) is 12.8. The molecular formula is C26H40O4. The van der Waals surface area contributed by atoms with Gasteiger partial charge < -0.3 is 9.47 Å². The van der Waals surface area contributed by atoms with E-state index in [1.807, 2.05) is 26.8 Å². The zero-order valence-corrected chi connectivity index (χ0v) is 19.6. The molecule has 0 aliphatic heterocycles. The van der Waals surface area contributed by atoms with Gasteiger partial charge in [0.1, 0.15) is 0 Å². The summed E-state index contributed by atoms with van der Waals surface area (Å²) in [5.41, 5.74) is 1.77. The Morgan fingerprint density at radius 1 is 0.933 bits per heavy atom. The van der Waals surface area contributed by atoms with Gasteiger partial charge in [-0.1, -0.05) is 65.5 Å². The third-order valence-electron chi connectivity index (χ3n) is 5.56. The van der Waals surface area contributed by atoms with Crippen molar-refractivity contribution in [2.75, 3.05) is 0 Å². The summed E-state index contributed by atoms with van der Waals surface area (Å²) in [6, 6.07) is 3.76. The first-order chi connectivity index (χ1) is 14.4. The average molecular weight is 417 g/mol. The van der Waals surface area contributed by atoms with Crippen LogP contribution in [0.3, 0.4) is 0 Å². The van der Waals surface area contributed by atoms with Crippen LogP contribution in [0, 0.1) is 18.8 Å². The van der Waals surface area contributed by atoms with Gasteiger partial charge in [0.2, 0.25) is 0 Å². The molecule has 0 aliphatic carbocycles. The maximum absolute atomic E-state index is 12.8. The number of carbonyl (C=O) groups excluding carboxylic acids is 2. The number of hydrogen-bond acceptors (Lipinski definition) is 4. The maximum Gasteiger partial charge on any atom is 0.314 e. The SMILES string of the molecule is C=CCc1cc(C)c(OC(=O)C(CC)CCCC)c(OC(=O)C(CC)CCCC)c1. The summed E-state index contributed by atoms with van der Waals surface area (Å²) in [4.78, 5) is 25.6. The molecular weight excluding hydrogens is 376 g/mol. The van der Waals surface area contributed by atoms with Gasteiger partial charge in [0.05, 0.1) is 11.8 Å². The minimum absolute atomic E-state index is 0.145. The van der Waals surface area contributed by atoms with Crippen molar-refractivity contribution in [3.05, 3.63) is 35.9 Å². The number of benzene rings is 1. The van der Waals surface area contributed by atoms with Gasteiger partial charge >= 0.3 is 11.9 Å². The lowest BCUT2D eigenvalue weighted by molar-refractivity contribution is -0.142. The molecule has 30 heavy (non-hydrogen) atoms. The zero-order chi connectivity index (χ0) is 22.5. The van der Waals surface area contributed by atoms with Crippen molar-refractivity contribution < 1.29 is 19.1 Å². The molecule has 4 nitrogen and oxygen atoms in total. The van der Waals surface area contributed by atoms with E-state index < -0.39 is 0 Å². The fraction of sp³-hybridized carbons (Fsp3) is 0.615. The number of hydrogen-bond donors (Lipinski definition) is 0. The Balaban J connectivity index is 3.17. The van der Waals surface area contributed by atoms with Crippen LogP contribution in [0.2, 0.25) is 0 Å². The minimum Gasteiger partial charge on any atom is -0.422 e. The molecule has 2 atom stereocenters. The second kappa shape index (κ2) is 14.0. The summed E-state index contributed by atoms with van der Waals surface area (Å²) < 4.78 is 11.6. The van der Waals surface area contributed by atoms with E-state index in [1.165, 1.54) is 0 Å². The Bertz CT molecular complexity index is 693. The third kappa shape index (κ3) is 7.97. The Morgan fingerprint density at radius 2 is 1.47 bits per heavy atom. The summed E-state index contributed by atoms with van der Waals surface area (Å²) in [5, 5.41) is 0. The molecule has 0 N–H and O–H groups in total. The van der Waals surface area contributed by atoms with Crippen molar-refractivity contribution in [3.63, 3.8) is 0 Å². The zero-order valence-electron chi connectivity index (χ0n) is 19.6. The van der Waals surface area contributed by atoms with Crippen molar-refractivity contribution in [1.29, 1.82) is 0 Å². The molecule has 0 heterocycles. The first-order valence-electron chi connectivity index (χ1n) is 11.6. The largest absolute Gasteiger partial charge is 0.422 e. The molecule has 0 aromatic heterocycles. The summed E-state index contributed by atoms with van der Waals surface area (Å²) in [7, 11) is 0. The Kier molecular flexibility index (Phi) is 12.1. The lowest BCUT2D eigenvalue weighted by atomic mass is 9.99. The van der Waals surface area contributed by atoms with Crippen LogP contribution in [0.4, 0.5) is 0 Å². The van der Waals surface area contributed by atoms with Gasteiger partial charge in [-0.3, -0.25) is 9.59 Å². The van der Waals surface area contributed by atoms with E-state index in [1.54, 1.807) is 12.1 Å². The monoisotopic (exact) mass is 416 g/mol. The van der Waals surface area contributed by atoms with Gasteiger partial charge in [0.15, 0.2) is 11.5 Å². The molecule has 1 rings (SSSR count). The first kappa shape index (κ1) is 25.9. The van der Waals surface area contributed by atoms with Gasteiger partial charge in [-0.2, -0.15) is 0 Å². The molecule has 168 valence electrons. The van der Waals surface area contributed by atoms with E-state index in [4.69, 9.17) is 9.47 Å².